The summed E-state index contributed by atoms with van der Waals surface area (Å²) >= 11 is 0. The number of amides is 2. The van der Waals surface area contributed by atoms with Gasteiger partial charge in [0, 0.05) is 16.6 Å². The van der Waals surface area contributed by atoms with Crippen LogP contribution in [-0.4, -0.2) is 35.7 Å². The number of alkyl halides is 3. The topological polar surface area (TPSA) is 120 Å². The van der Waals surface area contributed by atoms with Gasteiger partial charge in [0.2, 0.25) is 0 Å². The number of esters is 1. The van der Waals surface area contributed by atoms with Gasteiger partial charge in [-0.05, 0) is 93.9 Å². The van der Waals surface area contributed by atoms with Crippen molar-refractivity contribution in [3.63, 3.8) is 0 Å². The van der Waals surface area contributed by atoms with E-state index in [2.05, 4.69) is 15.8 Å². The van der Waals surface area contributed by atoms with Gasteiger partial charge in [-0.2, -0.15) is 13.2 Å². The van der Waals surface area contributed by atoms with Crippen molar-refractivity contribution in [2.24, 2.45) is 0 Å². The quantitative estimate of drug-likeness (QED) is 0.130. The van der Waals surface area contributed by atoms with Crippen LogP contribution >= 0.6 is 0 Å². The minimum absolute atomic E-state index is 0.0147. The maximum atomic E-state index is 15.1. The van der Waals surface area contributed by atoms with Crippen molar-refractivity contribution in [2.75, 3.05) is 17.7 Å². The second-order valence-electron chi connectivity index (χ2n) is 11.9. The summed E-state index contributed by atoms with van der Waals surface area (Å²) in [6.45, 7) is 6.68. The van der Waals surface area contributed by atoms with E-state index in [0.717, 1.165) is 12.1 Å². The molecule has 14 heteroatoms. The minimum atomic E-state index is -5.02. The molecule has 5 rings (SSSR count). The smallest absolute Gasteiger partial charge is 0.419 e. The molecule has 0 aliphatic heterocycles. The van der Waals surface area contributed by atoms with E-state index in [1.165, 1.54) is 49.6 Å². The Kier molecular flexibility index (Phi) is 9.18. The molecule has 0 unspecified atom stereocenters. The highest BCUT2D eigenvalue weighted by Crippen LogP contribution is 2.35. The number of methoxy groups -OCH3 is 1. The van der Waals surface area contributed by atoms with Crippen molar-refractivity contribution in [3.8, 4) is 16.9 Å². The average molecular weight is 682 g/mol. The van der Waals surface area contributed by atoms with Crippen LogP contribution in [0.5, 0.6) is 5.75 Å². The van der Waals surface area contributed by atoms with Crippen LogP contribution < -0.4 is 15.4 Å². The molecule has 2 N–H and O–H groups in total. The number of nitrogens with zero attached hydrogens (tertiary/aromatic N) is 1. The van der Waals surface area contributed by atoms with E-state index in [4.69, 9.17) is 14.0 Å². The summed E-state index contributed by atoms with van der Waals surface area (Å²) < 4.78 is 84.8. The number of hydrogen-bond acceptors (Lipinski definition) is 7. The molecule has 0 fully saturated rings. The lowest BCUT2D eigenvalue weighted by molar-refractivity contribution is -0.139. The lowest BCUT2D eigenvalue weighted by Crippen LogP contribution is -2.23. The largest absolute Gasteiger partial charge is 0.496 e. The zero-order valence-corrected chi connectivity index (χ0v) is 26.6. The molecule has 1 aromatic heterocycles. The van der Waals surface area contributed by atoms with Gasteiger partial charge in [-0.15, -0.1) is 0 Å². The highest BCUT2D eigenvalue weighted by Gasteiger charge is 2.34. The Bertz CT molecular complexity index is 2120. The standard InChI is InChI=1S/C35H28F5N3O6/c1-17-21-15-28(23(16-30(21)49-43-17)31(44)41-20-8-10-27(37)25(14-20)35(38,39)40)42-32(45)24-12-18(7-11-29(24)47-5)22-13-19(6-9-26(22)36)33(46)48-34(2,3)4/h6-16H,1-5H3,(H,41,44)(H,42,45). The molecule has 1 heterocycles. The van der Waals surface area contributed by atoms with Gasteiger partial charge < -0.3 is 24.6 Å². The summed E-state index contributed by atoms with van der Waals surface area (Å²) in [5.41, 5.74) is -2.37. The second kappa shape index (κ2) is 13.0. The highest BCUT2D eigenvalue weighted by atomic mass is 19.4. The van der Waals surface area contributed by atoms with Crippen LogP contribution in [-0.2, 0) is 10.9 Å². The highest BCUT2D eigenvalue weighted by molar-refractivity contribution is 6.15. The predicted octanol–water partition coefficient (Wildman–Crippen LogP) is 8.57. The number of benzene rings is 4. The van der Waals surface area contributed by atoms with Crippen molar-refractivity contribution in [2.45, 2.75) is 39.5 Å². The molecule has 0 saturated carbocycles. The van der Waals surface area contributed by atoms with Crippen molar-refractivity contribution in [1.82, 2.24) is 5.16 Å². The number of hydrogen-bond donors (Lipinski definition) is 2. The summed E-state index contributed by atoms with van der Waals surface area (Å²) in [6, 6.07) is 12.5. The van der Waals surface area contributed by atoms with Gasteiger partial charge in [-0.25, -0.2) is 13.6 Å². The van der Waals surface area contributed by atoms with Crippen molar-refractivity contribution >= 4 is 40.1 Å². The van der Waals surface area contributed by atoms with E-state index in [-0.39, 0.29) is 50.5 Å². The monoisotopic (exact) mass is 681 g/mol. The zero-order chi connectivity index (χ0) is 35.8. The first kappa shape index (κ1) is 34.5. The molecule has 9 nitrogen and oxygen atoms in total. The lowest BCUT2D eigenvalue weighted by atomic mass is 9.99. The predicted molar refractivity (Wildman–Crippen MR) is 170 cm³/mol. The molecular formula is C35H28F5N3O6. The van der Waals surface area contributed by atoms with Gasteiger partial charge >= 0.3 is 12.1 Å². The summed E-state index contributed by atoms with van der Waals surface area (Å²) in [5.74, 6) is -4.60. The Morgan fingerprint density at radius 3 is 2.18 bits per heavy atom. The Morgan fingerprint density at radius 2 is 1.51 bits per heavy atom. The van der Waals surface area contributed by atoms with E-state index in [1.807, 2.05) is 0 Å². The summed E-state index contributed by atoms with van der Waals surface area (Å²) in [4.78, 5) is 39.9. The summed E-state index contributed by atoms with van der Waals surface area (Å²) in [5, 5.41) is 9.17. The Morgan fingerprint density at radius 1 is 0.816 bits per heavy atom. The van der Waals surface area contributed by atoms with E-state index in [0.29, 0.717) is 23.2 Å². The Balaban J connectivity index is 1.52. The number of ether oxygens (including phenoxy) is 2. The van der Waals surface area contributed by atoms with Gasteiger partial charge in [-0.3, -0.25) is 9.59 Å². The molecule has 0 atom stereocenters. The number of rotatable bonds is 7. The number of carbonyl (C=O) groups excluding carboxylic acids is 3. The average Bonchev–Trinajstić information content (AvgIpc) is 3.39. The fourth-order valence-corrected chi connectivity index (χ4v) is 4.87. The molecule has 0 aliphatic rings. The maximum absolute atomic E-state index is 15.1. The molecule has 0 saturated heterocycles. The molecule has 0 bridgehead atoms. The SMILES string of the molecule is COc1ccc(-c2cc(C(=O)OC(C)(C)C)ccc2F)cc1C(=O)Nc1cc2c(C)noc2cc1C(=O)Nc1ccc(F)c(C(F)(F)F)c1. The van der Waals surface area contributed by atoms with E-state index in [9.17, 15) is 31.9 Å². The minimum Gasteiger partial charge on any atom is -0.496 e. The first-order chi connectivity index (χ1) is 22.9. The van der Waals surface area contributed by atoms with Crippen LogP contribution in [0.4, 0.5) is 33.3 Å². The number of aromatic nitrogens is 1. The number of nitrogens with one attached hydrogen (secondary N) is 2. The summed E-state index contributed by atoms with van der Waals surface area (Å²) in [6.07, 6.45) is -5.02. The van der Waals surface area contributed by atoms with Gasteiger partial charge in [0.1, 0.15) is 23.0 Å². The number of fused-ring (bicyclic) bond motifs is 1. The van der Waals surface area contributed by atoms with E-state index < -0.39 is 46.8 Å². The van der Waals surface area contributed by atoms with E-state index >= 15 is 4.39 Å². The van der Waals surface area contributed by atoms with Gasteiger partial charge in [0.05, 0.1) is 40.7 Å². The van der Waals surface area contributed by atoms with Gasteiger partial charge in [-0.1, -0.05) is 11.2 Å². The molecule has 0 radical (unpaired) electrons. The lowest BCUT2D eigenvalue weighted by Gasteiger charge is -2.20. The van der Waals surface area contributed by atoms with Crippen molar-refractivity contribution in [1.29, 1.82) is 0 Å². The van der Waals surface area contributed by atoms with Gasteiger partial charge in [0.15, 0.2) is 5.58 Å². The van der Waals surface area contributed by atoms with Gasteiger partial charge in [0.25, 0.3) is 11.8 Å². The zero-order valence-electron chi connectivity index (χ0n) is 26.6. The van der Waals surface area contributed by atoms with Crippen molar-refractivity contribution in [3.05, 3.63) is 106 Å². The number of halogens is 5. The molecule has 2 amide bonds. The Hall–Kier alpha value is -5.79. The van der Waals surface area contributed by atoms with Crippen LogP contribution in [0.2, 0.25) is 0 Å². The van der Waals surface area contributed by atoms with Crippen LogP contribution in [0.1, 0.15) is 63.1 Å². The first-order valence-electron chi connectivity index (χ1n) is 14.6. The first-order valence-corrected chi connectivity index (χ1v) is 14.6. The number of carbonyl (C=O) groups is 3. The molecule has 254 valence electrons. The third-order valence-electron chi connectivity index (χ3n) is 7.17. The molecule has 0 aliphatic carbocycles. The second-order valence-corrected chi connectivity index (χ2v) is 11.9. The molecule has 49 heavy (non-hydrogen) atoms. The normalized spacial score (nSPS) is 11.7. The molecule has 0 spiro atoms. The fourth-order valence-electron chi connectivity index (χ4n) is 4.87. The summed E-state index contributed by atoms with van der Waals surface area (Å²) in [7, 11) is 1.30. The number of anilines is 2. The van der Waals surface area contributed by atoms with Crippen LogP contribution in [0, 0.1) is 18.6 Å². The maximum Gasteiger partial charge on any atom is 0.419 e. The van der Waals surface area contributed by atoms with Crippen LogP contribution in [0.15, 0.2) is 71.3 Å². The molecule has 4 aromatic carbocycles. The fraction of sp³-hybridized carbons (Fsp3) is 0.200. The van der Waals surface area contributed by atoms with Crippen LogP contribution in [0.25, 0.3) is 22.1 Å². The van der Waals surface area contributed by atoms with Crippen LogP contribution in [0.3, 0.4) is 0 Å². The Labute approximate surface area is 276 Å². The molecule has 5 aromatic rings. The third kappa shape index (κ3) is 7.53. The van der Waals surface area contributed by atoms with E-state index in [1.54, 1.807) is 27.7 Å². The number of aryl methyl sites for hydroxylation is 1. The van der Waals surface area contributed by atoms with Crippen molar-refractivity contribution < 1.29 is 50.3 Å². The molecular weight excluding hydrogens is 653 g/mol. The third-order valence-corrected chi connectivity index (χ3v) is 7.17.